The Morgan fingerprint density at radius 1 is 1.27 bits per heavy atom. The predicted molar refractivity (Wildman–Crippen MR) is 59.1 cm³/mol. The third-order valence-electron chi connectivity index (χ3n) is 2.06. The lowest BCUT2D eigenvalue weighted by atomic mass is 10.1. The molecule has 1 rings (SSSR count). The smallest absolute Gasteiger partial charge is 0.124 e. The van der Waals surface area contributed by atoms with E-state index >= 15 is 0 Å². The summed E-state index contributed by atoms with van der Waals surface area (Å²) in [4.78, 5) is 0. The van der Waals surface area contributed by atoms with E-state index < -0.39 is 5.60 Å². The second-order valence-electron chi connectivity index (χ2n) is 3.98. The molecular weight excluding hydrogens is 191 g/mol. The van der Waals surface area contributed by atoms with Gasteiger partial charge < -0.3 is 4.74 Å². The Morgan fingerprint density at radius 2 is 1.93 bits per heavy atom. The summed E-state index contributed by atoms with van der Waals surface area (Å²) in [6.45, 7) is 5.58. The Hall–Kier alpha value is -1.33. The number of rotatable bonds is 1. The van der Waals surface area contributed by atoms with E-state index in [4.69, 9.17) is 4.74 Å². The van der Waals surface area contributed by atoms with Crippen molar-refractivity contribution in [3.63, 3.8) is 0 Å². The Bertz CT molecular complexity index is 390. The molecule has 2 heteroatoms. The van der Waals surface area contributed by atoms with Crippen molar-refractivity contribution in [3.05, 3.63) is 35.1 Å². The summed E-state index contributed by atoms with van der Waals surface area (Å²) in [6, 6.07) is 4.75. The van der Waals surface area contributed by atoms with Crippen LogP contribution in [-0.4, -0.2) is 12.7 Å². The second kappa shape index (κ2) is 4.46. The highest BCUT2D eigenvalue weighted by atomic mass is 19.1. The van der Waals surface area contributed by atoms with Crippen LogP contribution in [0.15, 0.2) is 18.2 Å². The van der Waals surface area contributed by atoms with Crippen LogP contribution in [0.25, 0.3) is 0 Å². The van der Waals surface area contributed by atoms with Crippen molar-refractivity contribution in [2.24, 2.45) is 0 Å². The Kier molecular flexibility index (Phi) is 3.49. The van der Waals surface area contributed by atoms with Crippen molar-refractivity contribution in [2.45, 2.75) is 26.4 Å². The maximum Gasteiger partial charge on any atom is 0.124 e. The molecule has 0 aromatic heterocycles. The molecule has 0 spiro atoms. The lowest BCUT2D eigenvalue weighted by molar-refractivity contribution is 0.0742. The number of aryl methyl sites for hydroxylation is 1. The molecule has 0 atom stereocenters. The number of hydrogen-bond acceptors (Lipinski definition) is 1. The van der Waals surface area contributed by atoms with E-state index in [9.17, 15) is 4.39 Å². The van der Waals surface area contributed by atoms with Crippen LogP contribution in [0.5, 0.6) is 0 Å². The molecule has 1 aromatic carbocycles. The molecule has 0 aliphatic rings. The highest BCUT2D eigenvalue weighted by Crippen LogP contribution is 2.09. The summed E-state index contributed by atoms with van der Waals surface area (Å²) < 4.78 is 18.2. The van der Waals surface area contributed by atoms with Crippen LogP contribution < -0.4 is 0 Å². The standard InChI is InChI=1S/C13H15FO/c1-10-7-11(9-12(14)8-10)5-6-13(2,3)15-4/h7-9H,1-4H3. The zero-order chi connectivity index (χ0) is 11.5. The Balaban J connectivity index is 2.99. The van der Waals surface area contributed by atoms with Gasteiger partial charge in [0, 0.05) is 12.7 Å². The van der Waals surface area contributed by atoms with Crippen molar-refractivity contribution in [2.75, 3.05) is 7.11 Å². The summed E-state index contributed by atoms with van der Waals surface area (Å²) in [6.07, 6.45) is 0. The molecule has 0 saturated heterocycles. The van der Waals surface area contributed by atoms with Gasteiger partial charge in [0.25, 0.3) is 0 Å². The van der Waals surface area contributed by atoms with Crippen molar-refractivity contribution >= 4 is 0 Å². The first-order valence-electron chi connectivity index (χ1n) is 4.78. The first-order chi connectivity index (χ1) is 6.93. The summed E-state index contributed by atoms with van der Waals surface area (Å²) >= 11 is 0. The molecule has 80 valence electrons. The van der Waals surface area contributed by atoms with Gasteiger partial charge in [-0.15, -0.1) is 0 Å². The minimum absolute atomic E-state index is 0.255. The van der Waals surface area contributed by atoms with Gasteiger partial charge in [0.1, 0.15) is 11.4 Å². The lowest BCUT2D eigenvalue weighted by Gasteiger charge is -2.14. The molecule has 0 radical (unpaired) electrons. The highest BCUT2D eigenvalue weighted by Gasteiger charge is 2.10. The third kappa shape index (κ3) is 3.73. The van der Waals surface area contributed by atoms with E-state index in [0.29, 0.717) is 5.56 Å². The lowest BCUT2D eigenvalue weighted by Crippen LogP contribution is -2.19. The van der Waals surface area contributed by atoms with Crippen LogP contribution >= 0.6 is 0 Å². The predicted octanol–water partition coefficient (Wildman–Crippen LogP) is 2.91. The van der Waals surface area contributed by atoms with Crippen LogP contribution in [0.4, 0.5) is 4.39 Å². The molecule has 0 N–H and O–H groups in total. The fourth-order valence-corrected chi connectivity index (χ4v) is 1.08. The van der Waals surface area contributed by atoms with Crippen molar-refractivity contribution in [3.8, 4) is 11.8 Å². The summed E-state index contributed by atoms with van der Waals surface area (Å²) in [5, 5.41) is 0. The molecule has 0 heterocycles. The van der Waals surface area contributed by atoms with Gasteiger partial charge in [-0.2, -0.15) is 0 Å². The maximum atomic E-state index is 13.0. The van der Waals surface area contributed by atoms with Gasteiger partial charge in [0.15, 0.2) is 0 Å². The molecule has 0 saturated carbocycles. The molecule has 0 aliphatic carbocycles. The maximum absolute atomic E-state index is 13.0. The van der Waals surface area contributed by atoms with E-state index in [1.54, 1.807) is 7.11 Å². The van der Waals surface area contributed by atoms with Crippen molar-refractivity contribution < 1.29 is 9.13 Å². The van der Waals surface area contributed by atoms with Gasteiger partial charge in [-0.25, -0.2) is 4.39 Å². The minimum atomic E-state index is -0.500. The van der Waals surface area contributed by atoms with E-state index in [1.807, 2.05) is 26.8 Å². The number of ether oxygens (including phenoxy) is 1. The zero-order valence-corrected chi connectivity index (χ0v) is 9.52. The Labute approximate surface area is 90.3 Å². The normalized spacial score (nSPS) is 10.7. The number of methoxy groups -OCH3 is 1. The van der Waals surface area contributed by atoms with Crippen molar-refractivity contribution in [1.82, 2.24) is 0 Å². The SMILES string of the molecule is COC(C)(C)C#Cc1cc(C)cc(F)c1. The van der Waals surface area contributed by atoms with Gasteiger partial charge in [-0.05, 0) is 44.5 Å². The Morgan fingerprint density at radius 3 is 2.47 bits per heavy atom. The molecule has 0 unspecified atom stereocenters. The average molecular weight is 206 g/mol. The fraction of sp³-hybridized carbons (Fsp3) is 0.385. The fourth-order valence-electron chi connectivity index (χ4n) is 1.08. The molecule has 1 aromatic rings. The minimum Gasteiger partial charge on any atom is -0.366 e. The van der Waals surface area contributed by atoms with Gasteiger partial charge in [0.05, 0.1) is 0 Å². The molecule has 1 nitrogen and oxygen atoms in total. The molecule has 0 bridgehead atoms. The zero-order valence-electron chi connectivity index (χ0n) is 9.52. The quantitative estimate of drug-likeness (QED) is 0.642. The van der Waals surface area contributed by atoms with E-state index in [0.717, 1.165) is 5.56 Å². The van der Waals surface area contributed by atoms with Crippen LogP contribution in [0.3, 0.4) is 0 Å². The van der Waals surface area contributed by atoms with E-state index in [-0.39, 0.29) is 5.82 Å². The number of hydrogen-bond donors (Lipinski definition) is 0. The molecule has 15 heavy (non-hydrogen) atoms. The molecular formula is C13H15FO. The van der Waals surface area contributed by atoms with E-state index in [1.165, 1.54) is 12.1 Å². The topological polar surface area (TPSA) is 9.23 Å². The van der Waals surface area contributed by atoms with Crippen LogP contribution in [-0.2, 0) is 4.74 Å². The van der Waals surface area contributed by atoms with Gasteiger partial charge in [-0.3, -0.25) is 0 Å². The first kappa shape index (κ1) is 11.7. The average Bonchev–Trinajstić information content (AvgIpc) is 2.14. The first-order valence-corrected chi connectivity index (χ1v) is 4.78. The largest absolute Gasteiger partial charge is 0.366 e. The van der Waals surface area contributed by atoms with Crippen LogP contribution in [0, 0.1) is 24.6 Å². The number of benzene rings is 1. The summed E-state index contributed by atoms with van der Waals surface area (Å²) in [5.41, 5.74) is 1.05. The molecule has 0 amide bonds. The monoisotopic (exact) mass is 206 g/mol. The molecule has 0 aliphatic heterocycles. The van der Waals surface area contributed by atoms with Crippen LogP contribution in [0.1, 0.15) is 25.0 Å². The van der Waals surface area contributed by atoms with Crippen LogP contribution in [0.2, 0.25) is 0 Å². The molecule has 0 fully saturated rings. The second-order valence-corrected chi connectivity index (χ2v) is 3.98. The summed E-state index contributed by atoms with van der Waals surface area (Å²) in [5.74, 6) is 5.59. The third-order valence-corrected chi connectivity index (χ3v) is 2.06. The van der Waals surface area contributed by atoms with Gasteiger partial charge in [0.2, 0.25) is 0 Å². The highest BCUT2D eigenvalue weighted by molar-refractivity contribution is 5.38. The summed E-state index contributed by atoms with van der Waals surface area (Å²) in [7, 11) is 1.60. The number of halogens is 1. The van der Waals surface area contributed by atoms with Gasteiger partial charge >= 0.3 is 0 Å². The van der Waals surface area contributed by atoms with Gasteiger partial charge in [-0.1, -0.05) is 11.8 Å². The van der Waals surface area contributed by atoms with Crippen molar-refractivity contribution in [1.29, 1.82) is 0 Å². The van der Waals surface area contributed by atoms with E-state index in [2.05, 4.69) is 11.8 Å².